The molecule has 9 heteroatoms. The number of aromatic amines is 1. The normalized spacial score (nSPS) is 8.79. The van der Waals surface area contributed by atoms with Crippen LogP contribution in [0.25, 0.3) is 11.3 Å². The third-order valence-electron chi connectivity index (χ3n) is 3.39. The standard InChI is InChI=1S/C10H10N2O.C9H9BrO2.CH3NO.H2O/c1-13-9-4-2-3-8(5-9)10-6-11-7-12-10;1-12-8-4-2-3-7(5-8)9(11)6-10;2-1-3;/h2-7H,1H3,(H,11,12);2-5H,6H2,1H3;1H,(H2,2,3);1H2. The van der Waals surface area contributed by atoms with Gasteiger partial charge in [0, 0.05) is 11.1 Å². The second-order valence-corrected chi connectivity index (χ2v) is 5.68. The van der Waals surface area contributed by atoms with E-state index >= 15 is 0 Å². The number of hydrogen-bond acceptors (Lipinski definition) is 5. The summed E-state index contributed by atoms with van der Waals surface area (Å²) in [6.07, 6.45) is 3.70. The number of alkyl halides is 1. The average molecular weight is 466 g/mol. The number of H-pyrrole nitrogens is 1. The monoisotopic (exact) mass is 465 g/mol. The van der Waals surface area contributed by atoms with E-state index in [2.05, 4.69) is 31.6 Å². The molecule has 1 amide bonds. The lowest BCUT2D eigenvalue weighted by Crippen LogP contribution is -1.99. The van der Waals surface area contributed by atoms with Crippen molar-refractivity contribution in [2.75, 3.05) is 19.5 Å². The quantitative estimate of drug-likeness (QED) is 0.338. The fourth-order valence-electron chi connectivity index (χ4n) is 2.08. The van der Waals surface area contributed by atoms with Crippen molar-refractivity contribution in [1.82, 2.24) is 9.97 Å². The van der Waals surface area contributed by atoms with Crippen molar-refractivity contribution >= 4 is 28.1 Å². The van der Waals surface area contributed by atoms with Crippen molar-refractivity contribution in [3.05, 3.63) is 66.6 Å². The molecule has 0 unspecified atom stereocenters. The number of Topliss-reactive ketones (excluding diaryl/α,β-unsaturated/α-hetero) is 1. The Bertz CT molecular complexity index is 857. The molecule has 0 radical (unpaired) electrons. The summed E-state index contributed by atoms with van der Waals surface area (Å²) in [7, 11) is 3.24. The number of rotatable bonds is 5. The molecule has 0 spiro atoms. The number of carbonyl (C=O) groups is 2. The van der Waals surface area contributed by atoms with Gasteiger partial charge >= 0.3 is 0 Å². The van der Waals surface area contributed by atoms with E-state index in [0.29, 0.717) is 16.6 Å². The second kappa shape index (κ2) is 14.8. The Labute approximate surface area is 177 Å². The fraction of sp³-hybridized carbons (Fsp3) is 0.150. The summed E-state index contributed by atoms with van der Waals surface area (Å²) in [4.78, 5) is 26.8. The van der Waals surface area contributed by atoms with E-state index in [4.69, 9.17) is 14.3 Å². The number of amides is 1. The van der Waals surface area contributed by atoms with Gasteiger partial charge in [-0.25, -0.2) is 4.98 Å². The molecule has 156 valence electrons. The Balaban J connectivity index is 0.000000464. The van der Waals surface area contributed by atoms with Crippen LogP contribution >= 0.6 is 15.9 Å². The van der Waals surface area contributed by atoms with Crippen LogP contribution in [0.5, 0.6) is 11.5 Å². The maximum atomic E-state index is 11.2. The van der Waals surface area contributed by atoms with Gasteiger partial charge in [0.05, 0.1) is 37.8 Å². The summed E-state index contributed by atoms with van der Waals surface area (Å²) in [6, 6.07) is 15.0. The highest BCUT2D eigenvalue weighted by Crippen LogP contribution is 2.21. The number of hydrogen-bond donors (Lipinski definition) is 2. The van der Waals surface area contributed by atoms with Gasteiger partial charge in [-0.15, -0.1) is 0 Å². The highest BCUT2D eigenvalue weighted by Gasteiger charge is 2.03. The first kappa shape index (κ1) is 25.8. The van der Waals surface area contributed by atoms with Gasteiger partial charge in [0.2, 0.25) is 6.41 Å². The van der Waals surface area contributed by atoms with Gasteiger partial charge in [-0.3, -0.25) is 9.59 Å². The summed E-state index contributed by atoms with van der Waals surface area (Å²) < 4.78 is 10.1. The highest BCUT2D eigenvalue weighted by molar-refractivity contribution is 9.09. The SMILES string of the molecule is COc1cccc(-c2cnc[nH]2)c1.COc1cccc(C(=O)CBr)c1.NC=O.O. The van der Waals surface area contributed by atoms with E-state index in [1.54, 1.807) is 44.9 Å². The molecule has 0 atom stereocenters. The summed E-state index contributed by atoms with van der Waals surface area (Å²) in [5.41, 5.74) is 6.92. The molecule has 0 saturated carbocycles. The van der Waals surface area contributed by atoms with Crippen LogP contribution in [0.2, 0.25) is 0 Å². The number of aromatic nitrogens is 2. The van der Waals surface area contributed by atoms with Gasteiger partial charge in [-0.2, -0.15) is 0 Å². The highest BCUT2D eigenvalue weighted by atomic mass is 79.9. The topological polar surface area (TPSA) is 139 Å². The predicted molar refractivity (Wildman–Crippen MR) is 116 cm³/mol. The number of nitrogens with one attached hydrogen (secondary N) is 1. The molecular weight excluding hydrogens is 442 g/mol. The van der Waals surface area contributed by atoms with Crippen LogP contribution < -0.4 is 15.2 Å². The Morgan fingerprint density at radius 2 is 1.72 bits per heavy atom. The van der Waals surface area contributed by atoms with Crippen LogP contribution in [0.4, 0.5) is 0 Å². The van der Waals surface area contributed by atoms with E-state index in [-0.39, 0.29) is 17.7 Å². The third kappa shape index (κ3) is 9.04. The minimum atomic E-state index is 0. The molecule has 0 bridgehead atoms. The lowest BCUT2D eigenvalue weighted by molar-refractivity contribution is -0.106. The molecule has 3 aromatic rings. The lowest BCUT2D eigenvalue weighted by Gasteiger charge is -2.01. The maximum absolute atomic E-state index is 11.2. The van der Waals surface area contributed by atoms with E-state index in [0.717, 1.165) is 17.0 Å². The largest absolute Gasteiger partial charge is 0.497 e. The van der Waals surface area contributed by atoms with Crippen LogP contribution in [-0.4, -0.2) is 47.2 Å². The molecule has 0 saturated heterocycles. The van der Waals surface area contributed by atoms with E-state index in [1.807, 2.05) is 30.3 Å². The number of nitrogens with two attached hydrogens (primary N) is 1. The zero-order valence-corrected chi connectivity index (χ0v) is 17.7. The van der Waals surface area contributed by atoms with Crippen LogP contribution in [-0.2, 0) is 4.79 Å². The van der Waals surface area contributed by atoms with Crippen LogP contribution in [0.3, 0.4) is 0 Å². The van der Waals surface area contributed by atoms with Gasteiger partial charge in [0.15, 0.2) is 5.78 Å². The number of benzene rings is 2. The zero-order valence-electron chi connectivity index (χ0n) is 16.1. The number of nitrogens with zero attached hydrogens (tertiary/aromatic N) is 1. The Morgan fingerprint density at radius 3 is 2.24 bits per heavy atom. The molecular formula is C20H24BrN3O5. The number of ketones is 1. The molecule has 0 aliphatic carbocycles. The van der Waals surface area contributed by atoms with E-state index in [9.17, 15) is 4.79 Å². The van der Waals surface area contributed by atoms with Gasteiger partial charge in [-0.05, 0) is 24.3 Å². The molecule has 1 aromatic heterocycles. The first-order valence-corrected chi connectivity index (χ1v) is 9.23. The first-order chi connectivity index (χ1) is 13.6. The van der Waals surface area contributed by atoms with Gasteiger partial charge in [0.25, 0.3) is 0 Å². The molecule has 5 N–H and O–H groups in total. The Morgan fingerprint density at radius 1 is 1.14 bits per heavy atom. The number of imidazole rings is 1. The number of carbonyl (C=O) groups excluding carboxylic acids is 2. The fourth-order valence-corrected chi connectivity index (χ4v) is 2.40. The van der Waals surface area contributed by atoms with Crippen LogP contribution in [0.15, 0.2) is 61.1 Å². The molecule has 0 aliphatic heterocycles. The van der Waals surface area contributed by atoms with Gasteiger partial charge in [0.1, 0.15) is 11.5 Å². The second-order valence-electron chi connectivity index (χ2n) is 5.12. The van der Waals surface area contributed by atoms with Crippen molar-refractivity contribution in [3.63, 3.8) is 0 Å². The molecule has 0 fully saturated rings. The number of primary amides is 1. The van der Waals surface area contributed by atoms with Crippen LogP contribution in [0, 0.1) is 0 Å². The minimum Gasteiger partial charge on any atom is -0.497 e. The van der Waals surface area contributed by atoms with Gasteiger partial charge in [-0.1, -0.05) is 40.2 Å². The third-order valence-corrected chi connectivity index (χ3v) is 3.90. The molecule has 0 aliphatic rings. The number of methoxy groups -OCH3 is 2. The first-order valence-electron chi connectivity index (χ1n) is 8.11. The smallest absolute Gasteiger partial charge is 0.204 e. The molecule has 2 aromatic carbocycles. The lowest BCUT2D eigenvalue weighted by atomic mass is 10.1. The Hall–Kier alpha value is -3.17. The van der Waals surface area contributed by atoms with Gasteiger partial charge < -0.3 is 25.7 Å². The zero-order chi connectivity index (χ0) is 20.8. The maximum Gasteiger partial charge on any atom is 0.204 e. The minimum absolute atomic E-state index is 0. The summed E-state index contributed by atoms with van der Waals surface area (Å²) in [6.45, 7) is 0. The molecule has 29 heavy (non-hydrogen) atoms. The molecule has 8 nitrogen and oxygen atoms in total. The van der Waals surface area contributed by atoms with Crippen molar-refractivity contribution in [1.29, 1.82) is 0 Å². The Kier molecular flexibility index (Phi) is 13.2. The molecule has 3 rings (SSSR count). The predicted octanol–water partition coefficient (Wildman–Crippen LogP) is 2.63. The summed E-state index contributed by atoms with van der Waals surface area (Å²) in [5, 5.41) is 0.347. The summed E-state index contributed by atoms with van der Waals surface area (Å²) >= 11 is 3.11. The summed E-state index contributed by atoms with van der Waals surface area (Å²) in [5.74, 6) is 1.63. The average Bonchev–Trinajstić information content (AvgIpc) is 3.29. The van der Waals surface area contributed by atoms with Crippen LogP contribution in [0.1, 0.15) is 10.4 Å². The van der Waals surface area contributed by atoms with Crippen molar-refractivity contribution in [3.8, 4) is 22.8 Å². The number of ether oxygens (including phenoxy) is 2. The number of halogens is 1. The van der Waals surface area contributed by atoms with E-state index in [1.165, 1.54) is 0 Å². The van der Waals surface area contributed by atoms with Crippen molar-refractivity contribution < 1.29 is 24.5 Å². The van der Waals surface area contributed by atoms with Crippen molar-refractivity contribution in [2.45, 2.75) is 0 Å². The van der Waals surface area contributed by atoms with Crippen molar-refractivity contribution in [2.24, 2.45) is 5.73 Å². The van der Waals surface area contributed by atoms with E-state index < -0.39 is 0 Å². The molecule has 1 heterocycles.